The predicted molar refractivity (Wildman–Crippen MR) is 190 cm³/mol. The standard InChI is InChI=1S/C42H36N2/c1-3-17-33(4-2)34-26-28-35(29-27-34)36-30-41(43(37-18-9-5-10-19-37)38-20-11-6-12-21-38)32-42(31-36)44(39-22-13-7-14-23-39)40-24-15-8-16-25-40/h3-32H,1-2H3/b17-3-,33-4+. The molecular weight excluding hydrogens is 532 g/mol. The zero-order valence-corrected chi connectivity index (χ0v) is 25.2. The Balaban J connectivity index is 1.58. The third-order valence-corrected chi connectivity index (χ3v) is 7.69. The summed E-state index contributed by atoms with van der Waals surface area (Å²) in [6, 6.07) is 58.2. The second-order valence-corrected chi connectivity index (χ2v) is 10.6. The van der Waals surface area contributed by atoms with Crippen molar-refractivity contribution in [3.05, 3.63) is 188 Å². The Morgan fingerprint density at radius 3 is 1.14 bits per heavy atom. The molecule has 0 aliphatic heterocycles. The second-order valence-electron chi connectivity index (χ2n) is 10.6. The average Bonchev–Trinajstić information content (AvgIpc) is 3.09. The molecule has 0 aliphatic rings. The average molecular weight is 569 g/mol. The lowest BCUT2D eigenvalue weighted by molar-refractivity contribution is 1.25. The van der Waals surface area contributed by atoms with Crippen molar-refractivity contribution in [3.8, 4) is 11.1 Å². The predicted octanol–water partition coefficient (Wildman–Crippen LogP) is 12.3. The molecule has 0 aromatic heterocycles. The van der Waals surface area contributed by atoms with Crippen LogP contribution in [0.1, 0.15) is 19.4 Å². The summed E-state index contributed by atoms with van der Waals surface area (Å²) in [7, 11) is 0. The maximum Gasteiger partial charge on any atom is 0.0488 e. The van der Waals surface area contributed by atoms with E-state index in [1.54, 1.807) is 0 Å². The van der Waals surface area contributed by atoms with Crippen LogP contribution in [0.2, 0.25) is 0 Å². The Labute approximate surface area is 261 Å². The third kappa shape index (κ3) is 6.25. The van der Waals surface area contributed by atoms with E-state index in [1.807, 2.05) is 0 Å². The molecule has 0 bridgehead atoms. The number of nitrogens with zero attached hydrogens (tertiary/aromatic N) is 2. The molecule has 0 fully saturated rings. The van der Waals surface area contributed by atoms with E-state index >= 15 is 0 Å². The maximum atomic E-state index is 2.33. The number of rotatable bonds is 9. The van der Waals surface area contributed by atoms with Gasteiger partial charge in [-0.1, -0.05) is 115 Å². The molecule has 0 radical (unpaired) electrons. The van der Waals surface area contributed by atoms with Crippen molar-refractivity contribution in [1.82, 2.24) is 0 Å². The molecule has 0 unspecified atom stereocenters. The fraction of sp³-hybridized carbons (Fsp3) is 0.0476. The Bertz CT molecular complexity index is 1660. The molecule has 0 aliphatic carbocycles. The van der Waals surface area contributed by atoms with Gasteiger partial charge in [0.15, 0.2) is 0 Å². The van der Waals surface area contributed by atoms with Gasteiger partial charge in [-0.2, -0.15) is 0 Å². The van der Waals surface area contributed by atoms with Crippen LogP contribution in [-0.2, 0) is 0 Å². The molecule has 0 atom stereocenters. The van der Waals surface area contributed by atoms with Crippen molar-refractivity contribution >= 4 is 39.7 Å². The third-order valence-electron chi connectivity index (χ3n) is 7.69. The Hall–Kier alpha value is -5.60. The van der Waals surface area contributed by atoms with Gasteiger partial charge in [-0.05, 0) is 103 Å². The van der Waals surface area contributed by atoms with Gasteiger partial charge in [0.2, 0.25) is 0 Å². The van der Waals surface area contributed by atoms with Gasteiger partial charge in [0, 0.05) is 34.1 Å². The summed E-state index contributed by atoms with van der Waals surface area (Å²) in [6.07, 6.45) is 6.40. The van der Waals surface area contributed by atoms with Gasteiger partial charge in [0.1, 0.15) is 0 Å². The Morgan fingerprint density at radius 2 is 0.795 bits per heavy atom. The zero-order chi connectivity index (χ0) is 30.1. The number of benzene rings is 6. The van der Waals surface area contributed by atoms with Crippen LogP contribution in [0.5, 0.6) is 0 Å². The van der Waals surface area contributed by atoms with Crippen LogP contribution in [0.25, 0.3) is 16.7 Å². The molecule has 2 nitrogen and oxygen atoms in total. The molecular formula is C42H36N2. The number of anilines is 6. The van der Waals surface area contributed by atoms with Crippen molar-refractivity contribution < 1.29 is 0 Å². The Morgan fingerprint density at radius 1 is 0.409 bits per heavy atom. The minimum atomic E-state index is 1.08. The molecule has 0 N–H and O–H groups in total. The van der Waals surface area contributed by atoms with Gasteiger partial charge in [0.25, 0.3) is 0 Å². The largest absolute Gasteiger partial charge is 0.310 e. The fourth-order valence-electron chi connectivity index (χ4n) is 5.62. The quantitative estimate of drug-likeness (QED) is 0.160. The lowest BCUT2D eigenvalue weighted by atomic mass is 9.98. The van der Waals surface area contributed by atoms with E-state index in [1.165, 1.54) is 11.1 Å². The lowest BCUT2D eigenvalue weighted by Gasteiger charge is -2.30. The first-order valence-corrected chi connectivity index (χ1v) is 15.1. The van der Waals surface area contributed by atoms with Gasteiger partial charge >= 0.3 is 0 Å². The maximum absolute atomic E-state index is 2.33. The highest BCUT2D eigenvalue weighted by Gasteiger charge is 2.19. The Kier molecular flexibility index (Phi) is 8.80. The monoisotopic (exact) mass is 568 g/mol. The van der Waals surface area contributed by atoms with Crippen molar-refractivity contribution in [3.63, 3.8) is 0 Å². The summed E-state index contributed by atoms with van der Waals surface area (Å²) in [5.41, 5.74) is 11.3. The number of hydrogen-bond acceptors (Lipinski definition) is 2. The van der Waals surface area contributed by atoms with Crippen molar-refractivity contribution in [2.24, 2.45) is 0 Å². The smallest absolute Gasteiger partial charge is 0.0488 e. The molecule has 214 valence electrons. The summed E-state index contributed by atoms with van der Waals surface area (Å²) in [6.45, 7) is 4.14. The SMILES string of the molecule is C/C=C\C(=C/C)c1ccc(-c2cc(N(c3ccccc3)c3ccccc3)cc(N(c3ccccc3)c3ccccc3)c2)cc1. The van der Waals surface area contributed by atoms with Gasteiger partial charge in [-0.3, -0.25) is 0 Å². The van der Waals surface area contributed by atoms with Crippen molar-refractivity contribution in [1.29, 1.82) is 0 Å². The molecule has 0 saturated heterocycles. The molecule has 6 aromatic rings. The molecule has 44 heavy (non-hydrogen) atoms. The molecule has 6 aromatic carbocycles. The first-order valence-electron chi connectivity index (χ1n) is 15.1. The number of hydrogen-bond donors (Lipinski definition) is 0. The molecule has 0 heterocycles. The number of allylic oxidation sites excluding steroid dienone is 4. The summed E-state index contributed by atoms with van der Waals surface area (Å²) in [5, 5.41) is 0. The van der Waals surface area contributed by atoms with E-state index in [2.05, 4.69) is 206 Å². The van der Waals surface area contributed by atoms with Crippen LogP contribution in [0, 0.1) is 0 Å². The molecule has 2 heteroatoms. The highest BCUT2D eigenvalue weighted by atomic mass is 15.2. The minimum absolute atomic E-state index is 1.08. The lowest BCUT2D eigenvalue weighted by Crippen LogP contribution is -2.13. The molecule has 0 amide bonds. The summed E-state index contributed by atoms with van der Waals surface area (Å²) < 4.78 is 0. The first kappa shape index (κ1) is 28.5. The van der Waals surface area contributed by atoms with E-state index in [4.69, 9.17) is 0 Å². The van der Waals surface area contributed by atoms with E-state index < -0.39 is 0 Å². The van der Waals surface area contributed by atoms with Crippen LogP contribution >= 0.6 is 0 Å². The van der Waals surface area contributed by atoms with Crippen LogP contribution in [0.4, 0.5) is 34.1 Å². The summed E-state index contributed by atoms with van der Waals surface area (Å²) in [5.74, 6) is 0. The minimum Gasteiger partial charge on any atom is -0.310 e. The number of para-hydroxylation sites is 4. The highest BCUT2D eigenvalue weighted by Crippen LogP contribution is 2.43. The van der Waals surface area contributed by atoms with Gasteiger partial charge in [-0.25, -0.2) is 0 Å². The van der Waals surface area contributed by atoms with E-state index in [-0.39, 0.29) is 0 Å². The first-order chi connectivity index (χ1) is 21.7. The van der Waals surface area contributed by atoms with Gasteiger partial charge in [-0.15, -0.1) is 0 Å². The molecule has 0 saturated carbocycles. The van der Waals surface area contributed by atoms with E-state index in [0.29, 0.717) is 0 Å². The summed E-state index contributed by atoms with van der Waals surface area (Å²) in [4.78, 5) is 4.67. The van der Waals surface area contributed by atoms with E-state index in [9.17, 15) is 0 Å². The van der Waals surface area contributed by atoms with Crippen LogP contribution in [-0.4, -0.2) is 0 Å². The normalized spacial score (nSPS) is 11.5. The van der Waals surface area contributed by atoms with Crippen LogP contribution in [0.3, 0.4) is 0 Å². The topological polar surface area (TPSA) is 6.48 Å². The van der Waals surface area contributed by atoms with Crippen molar-refractivity contribution in [2.75, 3.05) is 9.80 Å². The molecule has 0 spiro atoms. The van der Waals surface area contributed by atoms with Crippen LogP contribution < -0.4 is 9.80 Å². The van der Waals surface area contributed by atoms with Crippen LogP contribution in [0.15, 0.2) is 182 Å². The van der Waals surface area contributed by atoms with Gasteiger partial charge < -0.3 is 9.80 Å². The van der Waals surface area contributed by atoms with Gasteiger partial charge in [0.05, 0.1) is 0 Å². The fourth-order valence-corrected chi connectivity index (χ4v) is 5.62. The highest BCUT2D eigenvalue weighted by molar-refractivity contribution is 5.87. The summed E-state index contributed by atoms with van der Waals surface area (Å²) >= 11 is 0. The van der Waals surface area contributed by atoms with Crippen molar-refractivity contribution in [2.45, 2.75) is 13.8 Å². The second kappa shape index (κ2) is 13.6. The molecule has 6 rings (SSSR count). The van der Waals surface area contributed by atoms with E-state index in [0.717, 1.165) is 45.3 Å². The zero-order valence-electron chi connectivity index (χ0n) is 25.2.